The Hall–Kier alpha value is -0.910. The van der Waals surface area contributed by atoms with Crippen molar-refractivity contribution in [2.75, 3.05) is 5.75 Å². The molecule has 0 amide bonds. The molecule has 1 aromatic rings. The highest BCUT2D eigenvalue weighted by molar-refractivity contribution is 7.91. The Morgan fingerprint density at radius 1 is 1.31 bits per heavy atom. The van der Waals surface area contributed by atoms with Crippen molar-refractivity contribution in [3.05, 3.63) is 29.8 Å². The predicted octanol–water partition coefficient (Wildman–Crippen LogP) is 0.861. The standard InChI is InChI=1S/C11H17NO3S/c1-3-16(14,15)10-6-4-9(5-7-10)11(13)8(2)12/h4-8,11,13H,3,12H2,1-2H3. The number of benzene rings is 1. The van der Waals surface area contributed by atoms with Crippen molar-refractivity contribution in [1.82, 2.24) is 0 Å². The predicted molar refractivity (Wildman–Crippen MR) is 62.8 cm³/mol. The number of nitrogens with two attached hydrogens (primary N) is 1. The molecule has 3 N–H and O–H groups in total. The van der Waals surface area contributed by atoms with Crippen molar-refractivity contribution < 1.29 is 13.5 Å². The summed E-state index contributed by atoms with van der Waals surface area (Å²) < 4.78 is 23.1. The van der Waals surface area contributed by atoms with Crippen LogP contribution >= 0.6 is 0 Å². The lowest BCUT2D eigenvalue weighted by atomic mass is 10.0. The molecule has 0 bridgehead atoms. The minimum absolute atomic E-state index is 0.0716. The first kappa shape index (κ1) is 13.2. The summed E-state index contributed by atoms with van der Waals surface area (Å²) in [5.41, 5.74) is 6.18. The Morgan fingerprint density at radius 2 is 1.81 bits per heavy atom. The van der Waals surface area contributed by atoms with Gasteiger partial charge in [0.1, 0.15) is 0 Å². The molecule has 0 spiro atoms. The first-order valence-electron chi connectivity index (χ1n) is 5.15. The third kappa shape index (κ3) is 2.81. The molecular formula is C11H17NO3S. The Morgan fingerprint density at radius 3 is 2.19 bits per heavy atom. The molecule has 16 heavy (non-hydrogen) atoms. The highest BCUT2D eigenvalue weighted by Gasteiger charge is 2.15. The zero-order chi connectivity index (χ0) is 12.3. The van der Waals surface area contributed by atoms with Crippen LogP contribution in [-0.4, -0.2) is 25.3 Å². The topological polar surface area (TPSA) is 80.4 Å². The van der Waals surface area contributed by atoms with E-state index >= 15 is 0 Å². The molecule has 2 unspecified atom stereocenters. The molecule has 4 nitrogen and oxygen atoms in total. The van der Waals surface area contributed by atoms with E-state index in [2.05, 4.69) is 0 Å². The zero-order valence-electron chi connectivity index (χ0n) is 9.42. The summed E-state index contributed by atoms with van der Waals surface area (Å²) >= 11 is 0. The molecule has 90 valence electrons. The van der Waals surface area contributed by atoms with Gasteiger partial charge in [0.15, 0.2) is 9.84 Å². The van der Waals surface area contributed by atoms with Crippen molar-refractivity contribution in [2.45, 2.75) is 30.9 Å². The normalized spacial score (nSPS) is 15.8. The number of hydrogen-bond donors (Lipinski definition) is 2. The van der Waals surface area contributed by atoms with E-state index in [4.69, 9.17) is 5.73 Å². The van der Waals surface area contributed by atoms with E-state index < -0.39 is 15.9 Å². The Bertz CT molecular complexity index is 437. The van der Waals surface area contributed by atoms with Crippen LogP contribution in [0.2, 0.25) is 0 Å². The van der Waals surface area contributed by atoms with Crippen LogP contribution < -0.4 is 5.73 Å². The molecular weight excluding hydrogens is 226 g/mol. The van der Waals surface area contributed by atoms with Crippen molar-refractivity contribution in [2.24, 2.45) is 5.73 Å². The lowest BCUT2D eigenvalue weighted by Crippen LogP contribution is -2.24. The maximum absolute atomic E-state index is 11.5. The molecule has 0 saturated carbocycles. The van der Waals surface area contributed by atoms with E-state index in [0.717, 1.165) is 0 Å². The summed E-state index contributed by atoms with van der Waals surface area (Å²) in [5, 5.41) is 9.67. The first-order chi connectivity index (χ1) is 7.38. The van der Waals surface area contributed by atoms with E-state index in [-0.39, 0.29) is 16.7 Å². The van der Waals surface area contributed by atoms with Crippen molar-refractivity contribution in [3.63, 3.8) is 0 Å². The van der Waals surface area contributed by atoms with Crippen molar-refractivity contribution >= 4 is 9.84 Å². The summed E-state index contributed by atoms with van der Waals surface area (Å²) in [6.45, 7) is 3.29. The molecule has 5 heteroatoms. The van der Waals surface area contributed by atoms with Crippen LogP contribution in [0.1, 0.15) is 25.5 Å². The SMILES string of the molecule is CCS(=O)(=O)c1ccc(C(O)C(C)N)cc1. The smallest absolute Gasteiger partial charge is 0.178 e. The first-order valence-corrected chi connectivity index (χ1v) is 6.80. The maximum atomic E-state index is 11.5. The minimum atomic E-state index is -3.17. The molecule has 0 radical (unpaired) electrons. The van der Waals surface area contributed by atoms with Crippen LogP contribution in [0.25, 0.3) is 0 Å². The molecule has 0 aliphatic carbocycles. The molecule has 0 aliphatic rings. The lowest BCUT2D eigenvalue weighted by Gasteiger charge is -2.14. The van der Waals surface area contributed by atoms with Gasteiger partial charge >= 0.3 is 0 Å². The highest BCUT2D eigenvalue weighted by Crippen LogP contribution is 2.18. The fourth-order valence-electron chi connectivity index (χ4n) is 1.34. The molecule has 0 aliphatic heterocycles. The molecule has 1 aromatic carbocycles. The Kier molecular flexibility index (Phi) is 4.07. The number of sulfone groups is 1. The molecule has 0 fully saturated rings. The van der Waals surface area contributed by atoms with Crippen LogP contribution in [0.3, 0.4) is 0 Å². The summed E-state index contributed by atoms with van der Waals surface area (Å²) in [7, 11) is -3.17. The average molecular weight is 243 g/mol. The Balaban J connectivity index is 3.01. The molecule has 1 rings (SSSR count). The monoisotopic (exact) mass is 243 g/mol. The van der Waals surface area contributed by atoms with Crippen LogP contribution in [-0.2, 0) is 9.84 Å². The van der Waals surface area contributed by atoms with Gasteiger partial charge < -0.3 is 10.8 Å². The van der Waals surface area contributed by atoms with Crippen molar-refractivity contribution in [3.8, 4) is 0 Å². The lowest BCUT2D eigenvalue weighted by molar-refractivity contribution is 0.153. The summed E-state index contributed by atoms with van der Waals surface area (Å²) in [4.78, 5) is 0.274. The second-order valence-electron chi connectivity index (χ2n) is 3.78. The molecule has 0 saturated heterocycles. The molecule has 2 atom stereocenters. The third-order valence-corrected chi connectivity index (χ3v) is 4.21. The van der Waals surface area contributed by atoms with Gasteiger partial charge in [-0.1, -0.05) is 19.1 Å². The van der Waals surface area contributed by atoms with Gasteiger partial charge in [0, 0.05) is 6.04 Å². The summed E-state index contributed by atoms with van der Waals surface area (Å²) in [6.07, 6.45) is -0.765. The van der Waals surface area contributed by atoms with E-state index in [1.54, 1.807) is 26.0 Å². The van der Waals surface area contributed by atoms with Gasteiger partial charge in [-0.15, -0.1) is 0 Å². The van der Waals surface area contributed by atoms with Gasteiger partial charge in [-0.3, -0.25) is 0 Å². The van der Waals surface area contributed by atoms with Gasteiger partial charge in [-0.05, 0) is 24.6 Å². The van der Waals surface area contributed by atoms with E-state index in [9.17, 15) is 13.5 Å². The van der Waals surface area contributed by atoms with E-state index in [0.29, 0.717) is 5.56 Å². The average Bonchev–Trinajstić information content (AvgIpc) is 2.28. The van der Waals surface area contributed by atoms with Gasteiger partial charge in [0.25, 0.3) is 0 Å². The number of aliphatic hydroxyl groups excluding tert-OH is 1. The second-order valence-corrected chi connectivity index (χ2v) is 6.05. The number of rotatable bonds is 4. The molecule has 0 heterocycles. The van der Waals surface area contributed by atoms with Crippen LogP contribution in [0.15, 0.2) is 29.2 Å². The third-order valence-electron chi connectivity index (χ3n) is 2.46. The van der Waals surface area contributed by atoms with Gasteiger partial charge in [-0.2, -0.15) is 0 Å². The summed E-state index contributed by atoms with van der Waals surface area (Å²) in [6, 6.07) is 5.81. The van der Waals surface area contributed by atoms with Gasteiger partial charge in [-0.25, -0.2) is 8.42 Å². The van der Waals surface area contributed by atoms with Gasteiger partial charge in [0.05, 0.1) is 16.8 Å². The Labute approximate surface area is 96.0 Å². The minimum Gasteiger partial charge on any atom is -0.387 e. The van der Waals surface area contributed by atoms with Crippen LogP contribution in [0.4, 0.5) is 0 Å². The fourth-order valence-corrected chi connectivity index (χ4v) is 2.23. The fraction of sp³-hybridized carbons (Fsp3) is 0.455. The highest BCUT2D eigenvalue weighted by atomic mass is 32.2. The number of aliphatic hydroxyl groups is 1. The quantitative estimate of drug-likeness (QED) is 0.822. The summed E-state index contributed by atoms with van der Waals surface area (Å²) in [5.74, 6) is 0.0716. The molecule has 0 aromatic heterocycles. The number of hydrogen-bond acceptors (Lipinski definition) is 4. The zero-order valence-corrected chi connectivity index (χ0v) is 10.2. The van der Waals surface area contributed by atoms with E-state index in [1.165, 1.54) is 12.1 Å². The maximum Gasteiger partial charge on any atom is 0.178 e. The van der Waals surface area contributed by atoms with E-state index in [1.807, 2.05) is 0 Å². The van der Waals surface area contributed by atoms with Gasteiger partial charge in [0.2, 0.25) is 0 Å². The largest absolute Gasteiger partial charge is 0.387 e. The van der Waals surface area contributed by atoms with Crippen LogP contribution in [0, 0.1) is 0 Å². The van der Waals surface area contributed by atoms with Crippen molar-refractivity contribution in [1.29, 1.82) is 0 Å². The van der Waals surface area contributed by atoms with Crippen LogP contribution in [0.5, 0.6) is 0 Å². The second kappa shape index (κ2) is 4.95.